The van der Waals surface area contributed by atoms with Gasteiger partial charge in [-0.25, -0.2) is 8.42 Å². The Bertz CT molecular complexity index is 688. The van der Waals surface area contributed by atoms with E-state index in [-0.39, 0.29) is 16.0 Å². The van der Waals surface area contributed by atoms with Crippen LogP contribution in [0.2, 0.25) is 0 Å². The fourth-order valence-corrected chi connectivity index (χ4v) is 4.85. The molecule has 1 aliphatic carbocycles. The number of hydrogen-bond donors (Lipinski definition) is 2. The Morgan fingerprint density at radius 3 is 2.95 bits per heavy atom. The minimum absolute atomic E-state index is 0.100. The van der Waals surface area contributed by atoms with E-state index in [1.165, 1.54) is 0 Å². The van der Waals surface area contributed by atoms with Gasteiger partial charge in [0.25, 0.3) is 0 Å². The lowest BCUT2D eigenvalue weighted by atomic mass is 10.5. The molecule has 1 saturated carbocycles. The van der Waals surface area contributed by atoms with Gasteiger partial charge in [0.2, 0.25) is 0 Å². The maximum absolute atomic E-state index is 12.3. The Labute approximate surface area is 120 Å². The molecular formula is C11H15N5O2S2. The Balaban J connectivity index is 1.74. The van der Waals surface area contributed by atoms with E-state index in [0.717, 1.165) is 11.5 Å². The van der Waals surface area contributed by atoms with Crippen LogP contribution in [0.25, 0.3) is 0 Å². The summed E-state index contributed by atoms with van der Waals surface area (Å²) in [5, 5.41) is 7.43. The number of nitrogen functional groups attached to an aromatic ring is 1. The van der Waals surface area contributed by atoms with Gasteiger partial charge < -0.3 is 11.1 Å². The number of sulfone groups is 1. The van der Waals surface area contributed by atoms with Gasteiger partial charge in [0, 0.05) is 18.9 Å². The first kappa shape index (κ1) is 13.4. The normalized spacial score (nSPS) is 15.4. The lowest BCUT2D eigenvalue weighted by molar-refractivity contribution is 0.595. The maximum Gasteiger partial charge on any atom is 0.187 e. The van der Waals surface area contributed by atoms with Crippen molar-refractivity contribution in [3.63, 3.8) is 0 Å². The molecule has 0 atom stereocenters. The monoisotopic (exact) mass is 313 g/mol. The molecule has 9 heteroatoms. The largest absolute Gasteiger partial charge is 0.382 e. The molecule has 2 heterocycles. The summed E-state index contributed by atoms with van der Waals surface area (Å²) in [4.78, 5) is 0.172. The van der Waals surface area contributed by atoms with Gasteiger partial charge in [-0.2, -0.15) is 9.47 Å². The first-order valence-electron chi connectivity index (χ1n) is 6.29. The van der Waals surface area contributed by atoms with Crippen LogP contribution in [0, 0.1) is 0 Å². The van der Waals surface area contributed by atoms with E-state index in [1.807, 2.05) is 12.3 Å². The highest BCUT2D eigenvalue weighted by Crippen LogP contribution is 2.40. The van der Waals surface area contributed by atoms with E-state index < -0.39 is 9.84 Å². The van der Waals surface area contributed by atoms with Gasteiger partial charge in [0.15, 0.2) is 15.7 Å². The zero-order chi connectivity index (χ0) is 14.2. The molecule has 1 fully saturated rings. The summed E-state index contributed by atoms with van der Waals surface area (Å²) in [6, 6.07) is 1.84. The third-order valence-corrected chi connectivity index (χ3v) is 6.39. The van der Waals surface area contributed by atoms with Crippen molar-refractivity contribution in [2.24, 2.45) is 0 Å². The molecule has 20 heavy (non-hydrogen) atoms. The summed E-state index contributed by atoms with van der Waals surface area (Å²) in [7, 11) is -3.33. The second kappa shape index (κ2) is 5.06. The second-order valence-electron chi connectivity index (χ2n) is 4.67. The summed E-state index contributed by atoms with van der Waals surface area (Å²) < 4.78 is 30.4. The smallest absolute Gasteiger partial charge is 0.187 e. The van der Waals surface area contributed by atoms with Crippen molar-refractivity contribution in [2.75, 3.05) is 17.6 Å². The van der Waals surface area contributed by atoms with Crippen molar-refractivity contribution in [3.05, 3.63) is 18.5 Å². The quantitative estimate of drug-likeness (QED) is 0.823. The van der Waals surface area contributed by atoms with Crippen molar-refractivity contribution in [1.82, 2.24) is 14.2 Å². The van der Waals surface area contributed by atoms with E-state index in [2.05, 4.69) is 14.8 Å². The molecule has 0 radical (unpaired) electrons. The first-order chi connectivity index (χ1) is 9.59. The van der Waals surface area contributed by atoms with Gasteiger partial charge in [-0.1, -0.05) is 0 Å². The zero-order valence-electron chi connectivity index (χ0n) is 10.7. The predicted octanol–water partition coefficient (Wildman–Crippen LogP) is 0.970. The average Bonchev–Trinajstić information content (AvgIpc) is 3.03. The number of hydrogen-bond acceptors (Lipinski definition) is 7. The standard InChI is InChI=1S/C11H15N5O2S2/c12-10-9(20(17,18)8-2-3-8)11(19-15-10)13-5-7-16-6-1-4-14-16/h1,4,6,8,13H,2-3,5,7H2,(H2,12,15). The summed E-state index contributed by atoms with van der Waals surface area (Å²) in [6.45, 7) is 1.21. The van der Waals surface area contributed by atoms with E-state index in [4.69, 9.17) is 5.73 Å². The number of anilines is 2. The summed E-state index contributed by atoms with van der Waals surface area (Å²) in [6.07, 6.45) is 4.98. The van der Waals surface area contributed by atoms with E-state index >= 15 is 0 Å². The molecule has 7 nitrogen and oxygen atoms in total. The van der Waals surface area contributed by atoms with Crippen LogP contribution in [0.3, 0.4) is 0 Å². The van der Waals surface area contributed by atoms with E-state index in [9.17, 15) is 8.42 Å². The number of nitrogens with one attached hydrogen (secondary N) is 1. The van der Waals surface area contributed by atoms with Crippen molar-refractivity contribution >= 4 is 32.2 Å². The van der Waals surface area contributed by atoms with Crippen LogP contribution in [0.4, 0.5) is 10.8 Å². The van der Waals surface area contributed by atoms with Crippen LogP contribution in [0.1, 0.15) is 12.8 Å². The SMILES string of the molecule is Nc1nsc(NCCn2cccn2)c1S(=O)(=O)C1CC1. The maximum atomic E-state index is 12.3. The number of rotatable bonds is 6. The van der Waals surface area contributed by atoms with Gasteiger partial charge in [-0.15, -0.1) is 0 Å². The highest BCUT2D eigenvalue weighted by Gasteiger charge is 2.40. The highest BCUT2D eigenvalue weighted by molar-refractivity contribution is 7.92. The Morgan fingerprint density at radius 2 is 2.30 bits per heavy atom. The first-order valence-corrected chi connectivity index (χ1v) is 8.61. The van der Waals surface area contributed by atoms with Crippen molar-refractivity contribution < 1.29 is 8.42 Å². The van der Waals surface area contributed by atoms with Crippen molar-refractivity contribution in [1.29, 1.82) is 0 Å². The Morgan fingerprint density at radius 1 is 1.50 bits per heavy atom. The zero-order valence-corrected chi connectivity index (χ0v) is 12.3. The van der Waals surface area contributed by atoms with Gasteiger partial charge in [-0.05, 0) is 30.4 Å². The predicted molar refractivity (Wildman–Crippen MR) is 77.5 cm³/mol. The number of nitrogens with zero attached hydrogens (tertiary/aromatic N) is 3. The molecule has 1 aliphatic rings. The molecule has 0 unspecified atom stereocenters. The molecule has 0 spiro atoms. The summed E-state index contributed by atoms with van der Waals surface area (Å²) in [5.41, 5.74) is 5.72. The molecule has 0 bridgehead atoms. The van der Waals surface area contributed by atoms with Gasteiger partial charge in [0.1, 0.15) is 9.90 Å². The van der Waals surface area contributed by atoms with Crippen LogP contribution in [-0.4, -0.2) is 34.4 Å². The number of aromatic nitrogens is 3. The average molecular weight is 313 g/mol. The van der Waals surface area contributed by atoms with Gasteiger partial charge >= 0.3 is 0 Å². The minimum Gasteiger partial charge on any atom is -0.382 e. The molecule has 0 amide bonds. The third kappa shape index (κ3) is 2.50. The highest BCUT2D eigenvalue weighted by atomic mass is 32.2. The summed E-state index contributed by atoms with van der Waals surface area (Å²) in [5.74, 6) is 0.100. The van der Waals surface area contributed by atoms with Gasteiger partial charge in [0.05, 0.1) is 11.8 Å². The van der Waals surface area contributed by atoms with Crippen LogP contribution >= 0.6 is 11.5 Å². The molecule has 2 aromatic rings. The van der Waals surface area contributed by atoms with Crippen LogP contribution < -0.4 is 11.1 Å². The van der Waals surface area contributed by atoms with Crippen molar-refractivity contribution in [3.8, 4) is 0 Å². The second-order valence-corrected chi connectivity index (χ2v) is 7.60. The van der Waals surface area contributed by atoms with E-state index in [1.54, 1.807) is 10.9 Å². The lowest BCUT2D eigenvalue weighted by Gasteiger charge is -2.07. The molecule has 3 N–H and O–H groups in total. The van der Waals surface area contributed by atoms with E-state index in [0.29, 0.717) is 30.9 Å². The molecule has 0 aliphatic heterocycles. The topological polar surface area (TPSA) is 103 Å². The third-order valence-electron chi connectivity index (χ3n) is 3.11. The summed E-state index contributed by atoms with van der Waals surface area (Å²) >= 11 is 1.09. The number of nitrogens with two attached hydrogens (primary N) is 1. The Hall–Kier alpha value is -1.61. The molecule has 0 aromatic carbocycles. The minimum atomic E-state index is -3.33. The van der Waals surface area contributed by atoms with Crippen molar-refractivity contribution in [2.45, 2.75) is 29.5 Å². The molecular weight excluding hydrogens is 298 g/mol. The van der Waals surface area contributed by atoms with Gasteiger partial charge in [-0.3, -0.25) is 4.68 Å². The molecule has 2 aromatic heterocycles. The molecule has 3 rings (SSSR count). The Kier molecular flexibility index (Phi) is 3.38. The van der Waals surface area contributed by atoms with Crippen LogP contribution in [0.15, 0.2) is 23.4 Å². The molecule has 0 saturated heterocycles. The fraction of sp³-hybridized carbons (Fsp3) is 0.455. The van der Waals surface area contributed by atoms with Crippen LogP contribution in [0.5, 0.6) is 0 Å². The fourth-order valence-electron chi connectivity index (χ4n) is 1.94. The van der Waals surface area contributed by atoms with Crippen LogP contribution in [-0.2, 0) is 16.4 Å². The lowest BCUT2D eigenvalue weighted by Crippen LogP contribution is -2.14. The molecule has 108 valence electrons.